The number of benzene rings is 1. The largest absolute Gasteiger partial charge is 0.393 e. The number of carbonyl (C=O) groups excluding carboxylic acids is 1. The predicted octanol–water partition coefficient (Wildman–Crippen LogP) is 3.62. The zero-order valence-corrected chi connectivity index (χ0v) is 15.7. The van der Waals surface area contributed by atoms with Crippen LogP contribution >= 0.6 is 0 Å². The normalized spacial score (nSPS) is 23.6. The molecule has 27 heavy (non-hydrogen) atoms. The zero-order valence-electron chi connectivity index (χ0n) is 15.7. The van der Waals surface area contributed by atoms with Crippen molar-refractivity contribution in [1.82, 2.24) is 5.32 Å². The molecule has 1 aromatic rings. The fraction of sp³-hybridized carbons (Fsp3) is 0.650. The lowest BCUT2D eigenvalue weighted by Gasteiger charge is -2.28. The Bertz CT molecular complexity index is 665. The third kappa shape index (κ3) is 5.42. The Morgan fingerprint density at radius 3 is 2.48 bits per heavy atom. The zero-order chi connectivity index (χ0) is 19.2. The van der Waals surface area contributed by atoms with Crippen LogP contribution in [0.25, 0.3) is 0 Å². The number of nitrogens with one attached hydrogen (secondary N) is 2. The van der Waals surface area contributed by atoms with Crippen LogP contribution in [0.15, 0.2) is 18.2 Å². The van der Waals surface area contributed by atoms with Gasteiger partial charge >= 0.3 is 0 Å². The molecule has 0 spiro atoms. The number of anilines is 1. The number of hydrogen-bond donors (Lipinski definition) is 3. The molecule has 2 fully saturated rings. The van der Waals surface area contributed by atoms with E-state index in [1.54, 1.807) is 6.07 Å². The van der Waals surface area contributed by atoms with E-state index in [0.717, 1.165) is 38.5 Å². The fourth-order valence-electron chi connectivity index (χ4n) is 4.12. The predicted molar refractivity (Wildman–Crippen MR) is 104 cm³/mol. The Hall–Kier alpha value is -2.15. The average molecular weight is 375 g/mol. The minimum atomic E-state index is -0.474. The fourth-order valence-corrected chi connectivity index (χ4v) is 4.12. The summed E-state index contributed by atoms with van der Waals surface area (Å²) in [5, 5.41) is 27.1. The molecule has 0 aliphatic heterocycles. The van der Waals surface area contributed by atoms with Crippen molar-refractivity contribution in [3.63, 3.8) is 0 Å². The lowest BCUT2D eigenvalue weighted by Crippen LogP contribution is -2.32. The van der Waals surface area contributed by atoms with Gasteiger partial charge in [-0.05, 0) is 50.5 Å². The Morgan fingerprint density at radius 1 is 1.11 bits per heavy atom. The molecule has 148 valence electrons. The molecule has 2 aliphatic rings. The van der Waals surface area contributed by atoms with Crippen molar-refractivity contribution in [3.8, 4) is 0 Å². The Morgan fingerprint density at radius 2 is 1.81 bits per heavy atom. The minimum absolute atomic E-state index is 0.0811. The van der Waals surface area contributed by atoms with Gasteiger partial charge in [-0.3, -0.25) is 14.9 Å². The average Bonchev–Trinajstić information content (AvgIpc) is 2.69. The van der Waals surface area contributed by atoms with Crippen molar-refractivity contribution >= 4 is 17.3 Å². The van der Waals surface area contributed by atoms with Gasteiger partial charge in [0, 0.05) is 30.4 Å². The van der Waals surface area contributed by atoms with Crippen LogP contribution in [-0.2, 0) is 0 Å². The van der Waals surface area contributed by atoms with E-state index in [0.29, 0.717) is 23.7 Å². The summed E-state index contributed by atoms with van der Waals surface area (Å²) in [6.45, 7) is 0.622. The molecule has 3 N–H and O–H groups in total. The van der Waals surface area contributed by atoms with Gasteiger partial charge in [0.25, 0.3) is 11.6 Å². The van der Waals surface area contributed by atoms with Gasteiger partial charge < -0.3 is 15.7 Å². The van der Waals surface area contributed by atoms with Crippen molar-refractivity contribution in [1.29, 1.82) is 0 Å². The van der Waals surface area contributed by atoms with Gasteiger partial charge in [0.2, 0.25) is 0 Å². The van der Waals surface area contributed by atoms with Crippen molar-refractivity contribution in [2.45, 2.75) is 69.9 Å². The summed E-state index contributed by atoms with van der Waals surface area (Å²) in [6.07, 6.45) is 8.78. The second-order valence-electron chi connectivity index (χ2n) is 7.85. The van der Waals surface area contributed by atoms with E-state index in [4.69, 9.17) is 0 Å². The quantitative estimate of drug-likeness (QED) is 0.520. The Labute approximate surface area is 159 Å². The summed E-state index contributed by atoms with van der Waals surface area (Å²) >= 11 is 0. The van der Waals surface area contributed by atoms with Crippen LogP contribution < -0.4 is 10.6 Å². The highest BCUT2D eigenvalue weighted by Crippen LogP contribution is 2.27. The summed E-state index contributed by atoms with van der Waals surface area (Å²) in [4.78, 5) is 23.4. The lowest BCUT2D eigenvalue weighted by atomic mass is 9.89. The van der Waals surface area contributed by atoms with E-state index in [-0.39, 0.29) is 23.7 Å². The molecule has 0 radical (unpaired) electrons. The standard InChI is InChI=1S/C20H29N3O4/c24-17-9-6-15(7-10-17)22-19-11-8-16(23(26)27)12-18(19)20(25)21-13-14-4-2-1-3-5-14/h8,11-12,14-15,17,22,24H,1-7,9-10,13H2,(H,21,25)/t15-,17+. The minimum Gasteiger partial charge on any atom is -0.393 e. The number of aliphatic hydroxyl groups is 1. The first-order valence-electron chi connectivity index (χ1n) is 10.0. The van der Waals surface area contributed by atoms with Gasteiger partial charge in [-0.2, -0.15) is 0 Å². The van der Waals surface area contributed by atoms with Crippen molar-refractivity contribution in [2.24, 2.45) is 5.92 Å². The molecule has 1 aromatic carbocycles. The Balaban J connectivity index is 1.70. The summed E-state index contributed by atoms with van der Waals surface area (Å²) in [6, 6.07) is 4.58. The molecule has 2 saturated carbocycles. The number of aliphatic hydroxyl groups excluding tert-OH is 1. The van der Waals surface area contributed by atoms with E-state index in [1.807, 2.05) is 0 Å². The van der Waals surface area contributed by atoms with E-state index in [1.165, 1.54) is 31.4 Å². The van der Waals surface area contributed by atoms with Crippen LogP contribution in [0.1, 0.15) is 68.1 Å². The first-order valence-corrected chi connectivity index (χ1v) is 10.0. The first-order chi connectivity index (χ1) is 13.0. The van der Waals surface area contributed by atoms with E-state index < -0.39 is 4.92 Å². The monoisotopic (exact) mass is 375 g/mol. The molecule has 3 rings (SSSR count). The number of nitro groups is 1. The molecule has 2 aliphatic carbocycles. The summed E-state index contributed by atoms with van der Waals surface area (Å²) in [5.41, 5.74) is 0.872. The smallest absolute Gasteiger partial charge is 0.270 e. The number of hydrogen-bond acceptors (Lipinski definition) is 5. The third-order valence-electron chi connectivity index (χ3n) is 5.79. The van der Waals surface area contributed by atoms with E-state index >= 15 is 0 Å². The van der Waals surface area contributed by atoms with E-state index in [9.17, 15) is 20.0 Å². The van der Waals surface area contributed by atoms with Crippen LogP contribution in [0.2, 0.25) is 0 Å². The second kappa shape index (κ2) is 9.17. The van der Waals surface area contributed by atoms with Crippen LogP contribution in [-0.4, -0.2) is 34.6 Å². The van der Waals surface area contributed by atoms with Crippen molar-refractivity contribution < 1.29 is 14.8 Å². The lowest BCUT2D eigenvalue weighted by molar-refractivity contribution is -0.384. The SMILES string of the molecule is O=C(NCC1CCCCC1)c1cc([N+](=O)[O-])ccc1N[C@H]1CC[C@@H](O)CC1. The van der Waals surface area contributed by atoms with Crippen molar-refractivity contribution in [3.05, 3.63) is 33.9 Å². The van der Waals surface area contributed by atoms with Crippen molar-refractivity contribution in [2.75, 3.05) is 11.9 Å². The summed E-state index contributed by atoms with van der Waals surface area (Å²) in [7, 11) is 0. The first kappa shape index (κ1) is 19.6. The number of nitrogens with zero attached hydrogens (tertiary/aromatic N) is 1. The molecular weight excluding hydrogens is 346 g/mol. The highest BCUT2D eigenvalue weighted by molar-refractivity contribution is 6.00. The molecule has 0 unspecified atom stereocenters. The van der Waals surface area contributed by atoms with Gasteiger partial charge in [0.15, 0.2) is 0 Å². The second-order valence-corrected chi connectivity index (χ2v) is 7.85. The molecule has 7 heteroatoms. The number of non-ortho nitro benzene ring substituents is 1. The van der Waals surface area contributed by atoms with E-state index in [2.05, 4.69) is 10.6 Å². The number of carbonyl (C=O) groups is 1. The van der Waals surface area contributed by atoms with Gasteiger partial charge in [-0.15, -0.1) is 0 Å². The van der Waals surface area contributed by atoms with Gasteiger partial charge in [-0.25, -0.2) is 0 Å². The molecular formula is C20H29N3O4. The topological polar surface area (TPSA) is 104 Å². The number of nitro benzene ring substituents is 1. The summed E-state index contributed by atoms with van der Waals surface area (Å²) in [5.74, 6) is 0.236. The van der Waals surface area contributed by atoms with Crippen LogP contribution in [0, 0.1) is 16.0 Å². The maximum absolute atomic E-state index is 12.8. The van der Waals surface area contributed by atoms with Gasteiger partial charge in [0.1, 0.15) is 0 Å². The highest BCUT2D eigenvalue weighted by atomic mass is 16.6. The molecule has 1 amide bonds. The summed E-state index contributed by atoms with van der Waals surface area (Å²) < 4.78 is 0. The van der Waals surface area contributed by atoms with Crippen LogP contribution in [0.3, 0.4) is 0 Å². The molecule has 0 aromatic heterocycles. The molecule has 0 saturated heterocycles. The molecule has 0 bridgehead atoms. The van der Waals surface area contributed by atoms with Crippen LogP contribution in [0.4, 0.5) is 11.4 Å². The maximum atomic E-state index is 12.8. The maximum Gasteiger partial charge on any atom is 0.270 e. The van der Waals surface area contributed by atoms with Gasteiger partial charge in [-0.1, -0.05) is 19.3 Å². The number of amides is 1. The highest BCUT2D eigenvalue weighted by Gasteiger charge is 2.23. The molecule has 7 nitrogen and oxygen atoms in total. The van der Waals surface area contributed by atoms with Crippen LogP contribution in [0.5, 0.6) is 0 Å². The third-order valence-corrected chi connectivity index (χ3v) is 5.79. The Kier molecular flexibility index (Phi) is 6.66. The number of rotatable bonds is 6. The molecule has 0 heterocycles. The van der Waals surface area contributed by atoms with Gasteiger partial charge in [0.05, 0.1) is 16.6 Å². The molecule has 0 atom stereocenters.